The minimum atomic E-state index is -0.325. The molecule has 0 saturated carbocycles. The molecule has 0 saturated heterocycles. The molecule has 7 heteroatoms. The zero-order valence-corrected chi connectivity index (χ0v) is 18.1. The summed E-state index contributed by atoms with van der Waals surface area (Å²) in [6, 6.07) is 5.92. The van der Waals surface area contributed by atoms with Crippen LogP contribution in [0, 0.1) is 18.7 Å². The Kier molecular flexibility index (Phi) is 6.80. The summed E-state index contributed by atoms with van der Waals surface area (Å²) in [5.74, 6) is 1.36. The summed E-state index contributed by atoms with van der Waals surface area (Å²) >= 11 is 0. The average molecular weight is 413 g/mol. The predicted molar refractivity (Wildman–Crippen MR) is 113 cm³/mol. The number of hydrogen-bond acceptors (Lipinski definition) is 4. The fourth-order valence-electron chi connectivity index (χ4n) is 3.54. The van der Waals surface area contributed by atoms with Gasteiger partial charge in [-0.1, -0.05) is 26.0 Å². The zero-order chi connectivity index (χ0) is 21.8. The van der Waals surface area contributed by atoms with Gasteiger partial charge in [0, 0.05) is 31.3 Å². The summed E-state index contributed by atoms with van der Waals surface area (Å²) in [5, 5.41) is 0. The number of aryl methyl sites for hydroxylation is 1. The van der Waals surface area contributed by atoms with Crippen molar-refractivity contribution in [1.82, 2.24) is 14.9 Å². The van der Waals surface area contributed by atoms with Crippen LogP contribution < -0.4 is 4.90 Å². The lowest BCUT2D eigenvalue weighted by Crippen LogP contribution is -2.38. The second kappa shape index (κ2) is 9.32. The number of nitrogens with zero attached hydrogens (tertiary/aromatic N) is 4. The average Bonchev–Trinajstić information content (AvgIpc) is 2.68. The van der Waals surface area contributed by atoms with E-state index in [-0.39, 0.29) is 30.6 Å². The third kappa shape index (κ3) is 5.20. The molecule has 0 aliphatic carbocycles. The number of fused-ring (bicyclic) bond motifs is 1. The van der Waals surface area contributed by atoms with E-state index in [0.717, 1.165) is 23.2 Å². The second-order valence-electron chi connectivity index (χ2n) is 8.31. The number of aromatic nitrogens is 2. The molecule has 1 aliphatic rings. The molecule has 160 valence electrons. The molecular formula is C23H29FN4O2. The molecule has 1 aromatic carbocycles. The molecule has 2 heterocycles. The third-order valence-corrected chi connectivity index (χ3v) is 5.39. The minimum absolute atomic E-state index is 0.0907. The van der Waals surface area contributed by atoms with Crippen molar-refractivity contribution in [1.29, 1.82) is 0 Å². The molecule has 30 heavy (non-hydrogen) atoms. The van der Waals surface area contributed by atoms with Gasteiger partial charge < -0.3 is 4.90 Å². The highest BCUT2D eigenvalue weighted by molar-refractivity contribution is 5.95. The first-order valence-corrected chi connectivity index (χ1v) is 10.4. The SMILES string of the molecule is Cc1nc(CN(C)C(=O)Cc2ccc(F)cc2)nc2c1CCC(=O)N2CCC(C)C. The normalized spacial score (nSPS) is 13.5. The Hall–Kier alpha value is -2.83. The van der Waals surface area contributed by atoms with Crippen LogP contribution in [0.25, 0.3) is 0 Å². The van der Waals surface area contributed by atoms with Gasteiger partial charge in [-0.05, 0) is 43.4 Å². The molecule has 0 fully saturated rings. The highest BCUT2D eigenvalue weighted by Crippen LogP contribution is 2.28. The molecule has 0 bridgehead atoms. The van der Waals surface area contributed by atoms with Crippen LogP contribution in [0.1, 0.15) is 49.3 Å². The molecule has 3 rings (SSSR count). The second-order valence-corrected chi connectivity index (χ2v) is 8.31. The molecule has 1 aliphatic heterocycles. The zero-order valence-electron chi connectivity index (χ0n) is 18.1. The van der Waals surface area contributed by atoms with E-state index < -0.39 is 0 Å². The number of carbonyl (C=O) groups excluding carboxylic acids is 2. The third-order valence-electron chi connectivity index (χ3n) is 5.39. The van der Waals surface area contributed by atoms with E-state index in [2.05, 4.69) is 23.8 Å². The first-order chi connectivity index (χ1) is 14.2. The predicted octanol–water partition coefficient (Wildman–Crippen LogP) is 3.45. The summed E-state index contributed by atoms with van der Waals surface area (Å²) in [6.45, 7) is 7.08. The van der Waals surface area contributed by atoms with Crippen LogP contribution in [-0.4, -0.2) is 40.3 Å². The van der Waals surface area contributed by atoms with E-state index >= 15 is 0 Å². The van der Waals surface area contributed by atoms with Gasteiger partial charge in [-0.2, -0.15) is 0 Å². The summed E-state index contributed by atoms with van der Waals surface area (Å²) in [6.07, 6.45) is 2.21. The minimum Gasteiger partial charge on any atom is -0.338 e. The molecule has 0 spiro atoms. The first kappa shape index (κ1) is 21.9. The molecule has 1 aromatic heterocycles. The Bertz CT molecular complexity index is 928. The van der Waals surface area contributed by atoms with Crippen molar-refractivity contribution in [2.45, 2.75) is 53.0 Å². The van der Waals surface area contributed by atoms with Gasteiger partial charge in [0.15, 0.2) is 0 Å². The molecule has 2 aromatic rings. The van der Waals surface area contributed by atoms with E-state index in [1.165, 1.54) is 12.1 Å². The standard InChI is InChI=1S/C23H29FN4O2/c1-15(2)11-12-28-21(29)10-9-19-16(3)25-20(26-23(19)28)14-27(4)22(30)13-17-5-7-18(24)8-6-17/h5-8,15H,9-14H2,1-4H3. The van der Waals surface area contributed by atoms with Gasteiger partial charge >= 0.3 is 0 Å². The molecule has 6 nitrogen and oxygen atoms in total. The summed E-state index contributed by atoms with van der Waals surface area (Å²) < 4.78 is 13.1. The van der Waals surface area contributed by atoms with E-state index in [1.54, 1.807) is 29.0 Å². The van der Waals surface area contributed by atoms with Crippen molar-refractivity contribution in [3.05, 3.63) is 52.7 Å². The van der Waals surface area contributed by atoms with E-state index in [4.69, 9.17) is 0 Å². The van der Waals surface area contributed by atoms with Gasteiger partial charge in [-0.15, -0.1) is 0 Å². The summed E-state index contributed by atoms with van der Waals surface area (Å²) in [5.41, 5.74) is 2.63. The number of benzene rings is 1. The quantitative estimate of drug-likeness (QED) is 0.699. The van der Waals surface area contributed by atoms with Crippen LogP contribution in [0.2, 0.25) is 0 Å². The lowest BCUT2D eigenvalue weighted by atomic mass is 10.0. The van der Waals surface area contributed by atoms with E-state index in [1.807, 2.05) is 6.92 Å². The number of rotatable bonds is 7. The molecular weight excluding hydrogens is 383 g/mol. The lowest BCUT2D eigenvalue weighted by Gasteiger charge is -2.30. The van der Waals surface area contributed by atoms with Crippen LogP contribution in [0.4, 0.5) is 10.2 Å². The van der Waals surface area contributed by atoms with Crippen LogP contribution in [0.3, 0.4) is 0 Å². The largest absolute Gasteiger partial charge is 0.338 e. The Balaban J connectivity index is 1.76. The Morgan fingerprint density at radius 3 is 2.57 bits per heavy atom. The number of likely N-dealkylation sites (N-methyl/N-ethyl adjacent to an activating group) is 1. The van der Waals surface area contributed by atoms with Gasteiger partial charge in [0.2, 0.25) is 11.8 Å². The van der Waals surface area contributed by atoms with Crippen LogP contribution in [0.15, 0.2) is 24.3 Å². The highest BCUT2D eigenvalue weighted by Gasteiger charge is 2.28. The monoisotopic (exact) mass is 412 g/mol. The maximum Gasteiger partial charge on any atom is 0.228 e. The van der Waals surface area contributed by atoms with Crippen LogP contribution in [0.5, 0.6) is 0 Å². The molecule has 2 amide bonds. The van der Waals surface area contributed by atoms with Crippen molar-refractivity contribution in [2.75, 3.05) is 18.5 Å². The highest BCUT2D eigenvalue weighted by atomic mass is 19.1. The van der Waals surface area contributed by atoms with Crippen LogP contribution >= 0.6 is 0 Å². The van der Waals surface area contributed by atoms with Gasteiger partial charge in [-0.3, -0.25) is 14.5 Å². The molecule has 0 N–H and O–H groups in total. The fraction of sp³-hybridized carbons (Fsp3) is 0.478. The van der Waals surface area contributed by atoms with Crippen molar-refractivity contribution in [3.8, 4) is 0 Å². The van der Waals surface area contributed by atoms with E-state index in [9.17, 15) is 14.0 Å². The van der Waals surface area contributed by atoms with Crippen molar-refractivity contribution < 1.29 is 14.0 Å². The van der Waals surface area contributed by atoms with Crippen LogP contribution in [-0.2, 0) is 29.0 Å². The Labute approximate surface area is 177 Å². The summed E-state index contributed by atoms with van der Waals surface area (Å²) in [4.78, 5) is 37.7. The molecule has 0 atom stereocenters. The number of carbonyl (C=O) groups is 2. The number of hydrogen-bond donors (Lipinski definition) is 0. The molecule has 0 unspecified atom stereocenters. The first-order valence-electron chi connectivity index (χ1n) is 10.4. The molecule has 0 radical (unpaired) electrons. The maximum absolute atomic E-state index is 13.1. The number of halogens is 1. The van der Waals surface area contributed by atoms with Crippen molar-refractivity contribution in [2.24, 2.45) is 5.92 Å². The lowest BCUT2D eigenvalue weighted by molar-refractivity contribution is -0.129. The topological polar surface area (TPSA) is 66.4 Å². The van der Waals surface area contributed by atoms with Crippen molar-refractivity contribution in [3.63, 3.8) is 0 Å². The van der Waals surface area contributed by atoms with Crippen molar-refractivity contribution >= 4 is 17.6 Å². The number of anilines is 1. The maximum atomic E-state index is 13.1. The smallest absolute Gasteiger partial charge is 0.228 e. The fourth-order valence-corrected chi connectivity index (χ4v) is 3.54. The summed E-state index contributed by atoms with van der Waals surface area (Å²) in [7, 11) is 1.70. The van der Waals surface area contributed by atoms with Gasteiger partial charge in [0.1, 0.15) is 17.5 Å². The number of amides is 2. The van der Waals surface area contributed by atoms with Gasteiger partial charge in [-0.25, -0.2) is 14.4 Å². The Morgan fingerprint density at radius 2 is 1.90 bits per heavy atom. The van der Waals surface area contributed by atoms with Gasteiger partial charge in [0.25, 0.3) is 0 Å². The Morgan fingerprint density at radius 1 is 1.20 bits per heavy atom. The van der Waals surface area contributed by atoms with E-state index in [0.29, 0.717) is 36.9 Å². The van der Waals surface area contributed by atoms with Gasteiger partial charge in [0.05, 0.1) is 13.0 Å².